The predicted octanol–water partition coefficient (Wildman–Crippen LogP) is 2.56. The van der Waals surface area contributed by atoms with Crippen molar-refractivity contribution in [3.8, 4) is 0 Å². The molecule has 4 nitrogen and oxygen atoms in total. The number of sulfone groups is 1. The summed E-state index contributed by atoms with van der Waals surface area (Å²) < 4.78 is 55.0. The van der Waals surface area contributed by atoms with Crippen molar-refractivity contribution in [3.05, 3.63) is 70.8 Å². The second kappa shape index (κ2) is 8.04. The monoisotopic (exact) mass is 395 g/mol. The van der Waals surface area contributed by atoms with Crippen LogP contribution in [0.2, 0.25) is 0 Å². The van der Waals surface area contributed by atoms with E-state index in [1.807, 2.05) is 6.07 Å². The Balaban J connectivity index is 1.92. The minimum atomic E-state index is -3.61. The Morgan fingerprint density at radius 3 is 2.41 bits per heavy atom. The van der Waals surface area contributed by atoms with Crippen LogP contribution in [0.1, 0.15) is 28.9 Å². The van der Waals surface area contributed by atoms with E-state index in [1.54, 1.807) is 31.2 Å². The van der Waals surface area contributed by atoms with Crippen LogP contribution in [-0.2, 0) is 22.7 Å². The molecule has 1 fully saturated rings. The van der Waals surface area contributed by atoms with E-state index in [2.05, 4.69) is 5.32 Å². The van der Waals surface area contributed by atoms with E-state index >= 15 is 0 Å². The zero-order chi connectivity index (χ0) is 19.6. The van der Waals surface area contributed by atoms with E-state index in [0.717, 1.165) is 12.1 Å². The fourth-order valence-corrected chi connectivity index (χ4v) is 5.98. The van der Waals surface area contributed by atoms with Crippen molar-refractivity contribution in [1.29, 1.82) is 0 Å². The Hall–Kier alpha value is -1.83. The summed E-state index contributed by atoms with van der Waals surface area (Å²) in [7, 11) is -3.61. The van der Waals surface area contributed by atoms with Gasteiger partial charge in [0.2, 0.25) is 0 Å². The van der Waals surface area contributed by atoms with Gasteiger partial charge in [0, 0.05) is 19.2 Å². The molecule has 3 rings (SSSR count). The van der Waals surface area contributed by atoms with Crippen molar-refractivity contribution in [3.63, 3.8) is 0 Å². The fourth-order valence-electron chi connectivity index (χ4n) is 3.62. The van der Waals surface area contributed by atoms with Gasteiger partial charge in [0.15, 0.2) is 9.84 Å². The number of hydrogen-bond acceptors (Lipinski definition) is 4. The zero-order valence-corrected chi connectivity index (χ0v) is 15.8. The number of aliphatic hydroxyl groups is 1. The Labute approximate surface area is 158 Å². The second-order valence-electron chi connectivity index (χ2n) is 6.94. The van der Waals surface area contributed by atoms with Gasteiger partial charge < -0.3 is 10.4 Å². The number of hydrogen-bond donors (Lipinski definition) is 2. The van der Waals surface area contributed by atoms with Crippen LogP contribution in [0.5, 0.6) is 0 Å². The third-order valence-corrected chi connectivity index (χ3v) is 7.84. The summed E-state index contributed by atoms with van der Waals surface area (Å²) >= 11 is 0. The molecule has 2 N–H and O–H groups in total. The van der Waals surface area contributed by atoms with Gasteiger partial charge in [0.1, 0.15) is 11.6 Å². The standard InChI is InChI=1S/C20H23F2NO3S/c1-13-19(11-16-10-17(21)15(7-8-24)9-18(16)22)27(25,26)20(12-23-13)14-5-3-2-4-6-14/h2-6,9-10,13,19-20,23-24H,7-8,11-12H2,1H3/t13-,19?,20-/m0/s1. The van der Waals surface area contributed by atoms with Crippen molar-refractivity contribution in [2.24, 2.45) is 0 Å². The van der Waals surface area contributed by atoms with Gasteiger partial charge in [-0.25, -0.2) is 17.2 Å². The largest absolute Gasteiger partial charge is 0.396 e. The van der Waals surface area contributed by atoms with Crippen LogP contribution in [0.3, 0.4) is 0 Å². The van der Waals surface area contributed by atoms with E-state index in [4.69, 9.17) is 5.11 Å². The Morgan fingerprint density at radius 2 is 1.74 bits per heavy atom. The minimum absolute atomic E-state index is 0.0127. The van der Waals surface area contributed by atoms with Gasteiger partial charge in [-0.3, -0.25) is 0 Å². The average molecular weight is 395 g/mol. The topological polar surface area (TPSA) is 66.4 Å². The molecule has 0 aromatic heterocycles. The summed E-state index contributed by atoms with van der Waals surface area (Å²) in [6, 6.07) is 10.6. The first-order valence-corrected chi connectivity index (χ1v) is 10.5. The highest BCUT2D eigenvalue weighted by Crippen LogP contribution is 2.33. The number of aliphatic hydroxyl groups excluding tert-OH is 1. The molecule has 7 heteroatoms. The van der Waals surface area contributed by atoms with Gasteiger partial charge in [-0.1, -0.05) is 30.3 Å². The van der Waals surface area contributed by atoms with Gasteiger partial charge in [-0.2, -0.15) is 0 Å². The molecule has 0 bridgehead atoms. The quantitative estimate of drug-likeness (QED) is 0.817. The molecule has 1 aliphatic rings. The molecule has 1 aliphatic heterocycles. The van der Waals surface area contributed by atoms with Crippen molar-refractivity contribution < 1.29 is 22.3 Å². The fraction of sp³-hybridized carbons (Fsp3) is 0.400. The highest BCUT2D eigenvalue weighted by Gasteiger charge is 2.42. The van der Waals surface area contributed by atoms with Crippen LogP contribution in [0.25, 0.3) is 0 Å². The molecule has 2 aromatic carbocycles. The first kappa shape index (κ1) is 19.9. The lowest BCUT2D eigenvalue weighted by Gasteiger charge is -2.35. The molecule has 1 heterocycles. The Kier molecular flexibility index (Phi) is 5.93. The zero-order valence-electron chi connectivity index (χ0n) is 15.0. The average Bonchev–Trinajstić information content (AvgIpc) is 2.63. The van der Waals surface area contributed by atoms with E-state index < -0.39 is 32.0 Å². The molecule has 27 heavy (non-hydrogen) atoms. The molecule has 1 unspecified atom stereocenters. The molecule has 0 spiro atoms. The summed E-state index contributed by atoms with van der Waals surface area (Å²) in [5.41, 5.74) is 0.801. The molecule has 0 aliphatic carbocycles. The molecule has 146 valence electrons. The first-order valence-electron chi connectivity index (χ1n) is 8.93. The summed E-state index contributed by atoms with van der Waals surface area (Å²) in [5, 5.41) is 10.5. The Morgan fingerprint density at radius 1 is 1.11 bits per heavy atom. The van der Waals surface area contributed by atoms with Crippen molar-refractivity contribution in [2.75, 3.05) is 13.2 Å². The van der Waals surface area contributed by atoms with E-state index in [9.17, 15) is 17.2 Å². The van der Waals surface area contributed by atoms with Gasteiger partial charge >= 0.3 is 0 Å². The van der Waals surface area contributed by atoms with Crippen LogP contribution in [0.4, 0.5) is 8.78 Å². The van der Waals surface area contributed by atoms with Crippen molar-refractivity contribution in [1.82, 2.24) is 5.32 Å². The smallest absolute Gasteiger partial charge is 0.163 e. The molecular weight excluding hydrogens is 372 g/mol. The van der Waals surface area contributed by atoms with Gasteiger partial charge in [0.05, 0.1) is 10.5 Å². The number of benzene rings is 2. The van der Waals surface area contributed by atoms with Crippen molar-refractivity contribution >= 4 is 9.84 Å². The lowest BCUT2D eigenvalue weighted by molar-refractivity contribution is 0.297. The highest BCUT2D eigenvalue weighted by molar-refractivity contribution is 7.92. The summed E-state index contributed by atoms with van der Waals surface area (Å²) in [6.45, 7) is 1.75. The summed E-state index contributed by atoms with van der Waals surface area (Å²) in [6.07, 6.45) is -0.0964. The molecule has 2 aromatic rings. The lowest BCUT2D eigenvalue weighted by atomic mass is 10.0. The molecule has 3 atom stereocenters. The van der Waals surface area contributed by atoms with E-state index in [1.165, 1.54) is 0 Å². The summed E-state index contributed by atoms with van der Waals surface area (Å²) in [4.78, 5) is 0. The van der Waals surface area contributed by atoms with E-state index in [-0.39, 0.29) is 43.2 Å². The molecule has 0 amide bonds. The van der Waals surface area contributed by atoms with Crippen LogP contribution in [0.15, 0.2) is 42.5 Å². The number of rotatable bonds is 5. The normalized spacial score (nSPS) is 24.7. The van der Waals surface area contributed by atoms with E-state index in [0.29, 0.717) is 5.56 Å². The maximum atomic E-state index is 14.4. The second-order valence-corrected chi connectivity index (χ2v) is 9.29. The maximum absolute atomic E-state index is 14.4. The molecular formula is C20H23F2NO3S. The SMILES string of the molecule is C[C@@H]1NC[C@@H](c2ccccc2)S(=O)(=O)C1Cc1cc(F)c(CCO)cc1F. The third kappa shape index (κ3) is 4.05. The summed E-state index contributed by atoms with van der Waals surface area (Å²) in [5.74, 6) is -1.28. The number of halogens is 2. The van der Waals surface area contributed by atoms with Gasteiger partial charge in [-0.15, -0.1) is 0 Å². The van der Waals surface area contributed by atoms with Gasteiger partial charge in [-0.05, 0) is 48.6 Å². The predicted molar refractivity (Wildman–Crippen MR) is 100 cm³/mol. The third-order valence-electron chi connectivity index (χ3n) is 5.19. The molecule has 0 saturated carbocycles. The lowest BCUT2D eigenvalue weighted by Crippen LogP contribution is -2.53. The van der Waals surface area contributed by atoms with Crippen LogP contribution >= 0.6 is 0 Å². The van der Waals surface area contributed by atoms with Crippen LogP contribution < -0.4 is 5.32 Å². The number of nitrogens with one attached hydrogen (secondary N) is 1. The minimum Gasteiger partial charge on any atom is -0.396 e. The first-order chi connectivity index (χ1) is 12.8. The Bertz CT molecular complexity index is 903. The van der Waals surface area contributed by atoms with Gasteiger partial charge in [0.25, 0.3) is 0 Å². The highest BCUT2D eigenvalue weighted by atomic mass is 32.2. The molecule has 1 saturated heterocycles. The molecule has 0 radical (unpaired) electrons. The van der Waals surface area contributed by atoms with Crippen LogP contribution in [0, 0.1) is 11.6 Å². The van der Waals surface area contributed by atoms with Crippen LogP contribution in [-0.4, -0.2) is 38.0 Å². The van der Waals surface area contributed by atoms with Crippen molar-refractivity contribution in [2.45, 2.75) is 36.3 Å². The maximum Gasteiger partial charge on any atom is 0.163 e.